The van der Waals surface area contributed by atoms with Gasteiger partial charge < -0.3 is 4.90 Å². The summed E-state index contributed by atoms with van der Waals surface area (Å²) in [6.07, 6.45) is 0. The van der Waals surface area contributed by atoms with Crippen LogP contribution in [0.3, 0.4) is 0 Å². The van der Waals surface area contributed by atoms with Crippen LogP contribution in [0.15, 0.2) is 182 Å². The summed E-state index contributed by atoms with van der Waals surface area (Å²) >= 11 is 0. The third kappa shape index (κ3) is 4.48. The molecule has 0 radical (unpaired) electrons. The van der Waals surface area contributed by atoms with Crippen LogP contribution in [0.25, 0.3) is 75.8 Å². The van der Waals surface area contributed by atoms with Crippen LogP contribution in [0.5, 0.6) is 0 Å². The summed E-state index contributed by atoms with van der Waals surface area (Å²) in [6, 6.07) is 67.0. The van der Waals surface area contributed by atoms with E-state index in [0.717, 1.165) is 17.1 Å². The molecule has 0 aromatic heterocycles. The second kappa shape index (κ2) is 11.3. The summed E-state index contributed by atoms with van der Waals surface area (Å²) in [5.41, 5.74) is 7.08. The largest absolute Gasteiger partial charge is 0.310 e. The average molecular weight is 636 g/mol. The van der Waals surface area contributed by atoms with Gasteiger partial charge in [-0.3, -0.25) is 0 Å². The molecule has 0 heterocycles. The molecule has 50 heavy (non-hydrogen) atoms. The number of anilines is 3. The van der Waals surface area contributed by atoms with Gasteiger partial charge in [0, 0.05) is 17.1 Å². The highest BCUT2D eigenvalue weighted by Gasteiger charge is 2.18. The normalized spacial score (nSPS) is 11.7. The number of hydrogen-bond acceptors (Lipinski definition) is 1. The monoisotopic (exact) mass is 635 g/mol. The lowest BCUT2D eigenvalue weighted by Gasteiger charge is -2.27. The number of rotatable bonds is 4. The summed E-state index contributed by atoms with van der Waals surface area (Å²) in [4.78, 5) is 2.42. The fourth-order valence-electron chi connectivity index (χ4n) is 8.07. The molecule has 10 aromatic carbocycles. The molecule has 0 spiro atoms. The molecule has 0 bridgehead atoms. The Labute approximate surface area is 291 Å². The van der Waals surface area contributed by atoms with Gasteiger partial charge in [-0.2, -0.15) is 0 Å². The lowest BCUT2D eigenvalue weighted by molar-refractivity contribution is 1.30. The molecule has 10 rings (SSSR count). The van der Waals surface area contributed by atoms with Crippen molar-refractivity contribution in [2.75, 3.05) is 4.90 Å². The van der Waals surface area contributed by atoms with Gasteiger partial charge in [-0.1, -0.05) is 151 Å². The van der Waals surface area contributed by atoms with Gasteiger partial charge in [-0.05, 0) is 119 Å². The van der Waals surface area contributed by atoms with Crippen LogP contribution in [-0.4, -0.2) is 0 Å². The Morgan fingerprint density at radius 2 is 0.540 bits per heavy atom. The Balaban J connectivity index is 1.23. The summed E-state index contributed by atoms with van der Waals surface area (Å²) in [6.45, 7) is 2.13. The lowest BCUT2D eigenvalue weighted by Crippen LogP contribution is -2.10. The highest BCUT2D eigenvalue weighted by atomic mass is 15.1. The number of hydrogen-bond donors (Lipinski definition) is 0. The minimum Gasteiger partial charge on any atom is -0.310 e. The quantitative estimate of drug-likeness (QED) is 0.174. The Morgan fingerprint density at radius 3 is 0.900 bits per heavy atom. The summed E-state index contributed by atoms with van der Waals surface area (Å²) < 4.78 is 0. The van der Waals surface area contributed by atoms with E-state index in [9.17, 15) is 0 Å². The predicted molar refractivity (Wildman–Crippen MR) is 216 cm³/mol. The first-order chi connectivity index (χ1) is 24.7. The van der Waals surface area contributed by atoms with Crippen molar-refractivity contribution in [3.63, 3.8) is 0 Å². The second-order valence-electron chi connectivity index (χ2n) is 13.4. The Kier molecular flexibility index (Phi) is 6.47. The topological polar surface area (TPSA) is 3.24 Å². The van der Waals surface area contributed by atoms with E-state index in [1.54, 1.807) is 0 Å². The predicted octanol–water partition coefficient (Wildman–Crippen LogP) is 14.1. The van der Waals surface area contributed by atoms with Crippen molar-refractivity contribution in [2.45, 2.75) is 6.92 Å². The van der Waals surface area contributed by atoms with Crippen molar-refractivity contribution < 1.29 is 0 Å². The van der Waals surface area contributed by atoms with Crippen molar-refractivity contribution in [3.8, 4) is 11.1 Å². The zero-order valence-electron chi connectivity index (χ0n) is 27.8. The number of aryl methyl sites for hydroxylation is 1. The third-order valence-corrected chi connectivity index (χ3v) is 10.5. The van der Waals surface area contributed by atoms with E-state index < -0.39 is 0 Å². The van der Waals surface area contributed by atoms with Gasteiger partial charge in [-0.25, -0.2) is 0 Å². The summed E-state index contributed by atoms with van der Waals surface area (Å²) in [5.74, 6) is 0. The molecule has 0 N–H and O–H groups in total. The Morgan fingerprint density at radius 1 is 0.260 bits per heavy atom. The Hall–Kier alpha value is -6.44. The fourth-order valence-corrected chi connectivity index (χ4v) is 8.07. The molecule has 0 aliphatic carbocycles. The third-order valence-electron chi connectivity index (χ3n) is 10.5. The van der Waals surface area contributed by atoms with Crippen LogP contribution >= 0.6 is 0 Å². The molecule has 0 unspecified atom stereocenters. The molecule has 0 fully saturated rings. The van der Waals surface area contributed by atoms with Crippen molar-refractivity contribution in [1.29, 1.82) is 0 Å². The van der Waals surface area contributed by atoms with Gasteiger partial charge in [0.25, 0.3) is 0 Å². The zero-order valence-corrected chi connectivity index (χ0v) is 27.8. The minimum absolute atomic E-state index is 1.12. The van der Waals surface area contributed by atoms with Gasteiger partial charge in [0.15, 0.2) is 0 Å². The van der Waals surface area contributed by atoms with E-state index in [4.69, 9.17) is 0 Å². The van der Waals surface area contributed by atoms with Crippen LogP contribution in [0.4, 0.5) is 17.1 Å². The standard InChI is InChI=1S/C49H33N/c1-32-18-20-33(21-19-32)34-22-24-35(25-23-34)50(36-26-28-46-42-14-4-2-10-38(42)40-12-6-8-16-44(40)48(46)30-36)37-27-29-47-43-15-5-3-11-39(43)41-13-7-9-17-45(41)49(47)31-37/h2-31H,1H3. The van der Waals surface area contributed by atoms with Crippen LogP contribution in [0, 0.1) is 6.92 Å². The highest BCUT2D eigenvalue weighted by molar-refractivity contribution is 6.27. The number of nitrogens with zero attached hydrogens (tertiary/aromatic N) is 1. The van der Waals surface area contributed by atoms with E-state index >= 15 is 0 Å². The van der Waals surface area contributed by atoms with Crippen LogP contribution in [-0.2, 0) is 0 Å². The first kappa shape index (κ1) is 28.6. The van der Waals surface area contributed by atoms with E-state index in [2.05, 4.69) is 194 Å². The van der Waals surface area contributed by atoms with Crippen LogP contribution < -0.4 is 4.90 Å². The van der Waals surface area contributed by atoms with Crippen molar-refractivity contribution in [2.24, 2.45) is 0 Å². The second-order valence-corrected chi connectivity index (χ2v) is 13.4. The van der Waals surface area contributed by atoms with Crippen LogP contribution in [0.2, 0.25) is 0 Å². The smallest absolute Gasteiger partial charge is 0.0468 e. The molecule has 1 heteroatoms. The number of fused-ring (bicyclic) bond motifs is 12. The fraction of sp³-hybridized carbons (Fsp3) is 0.0204. The molecule has 0 aliphatic heterocycles. The van der Waals surface area contributed by atoms with E-state index in [1.165, 1.54) is 81.3 Å². The van der Waals surface area contributed by atoms with E-state index in [0.29, 0.717) is 0 Å². The molecule has 234 valence electrons. The molecular formula is C49H33N. The molecule has 0 amide bonds. The summed E-state index contributed by atoms with van der Waals surface area (Å²) in [5, 5.41) is 15.3. The molecule has 0 saturated carbocycles. The molecular weight excluding hydrogens is 603 g/mol. The molecule has 1 nitrogen and oxygen atoms in total. The molecule has 0 saturated heterocycles. The minimum atomic E-state index is 1.12. The first-order valence-electron chi connectivity index (χ1n) is 17.3. The average Bonchev–Trinajstić information content (AvgIpc) is 3.19. The molecule has 10 aromatic rings. The maximum atomic E-state index is 2.42. The van der Waals surface area contributed by atoms with Crippen LogP contribution in [0.1, 0.15) is 5.56 Å². The van der Waals surface area contributed by atoms with Gasteiger partial charge in [-0.15, -0.1) is 0 Å². The molecule has 0 atom stereocenters. The van der Waals surface area contributed by atoms with Crippen molar-refractivity contribution in [1.82, 2.24) is 0 Å². The van der Waals surface area contributed by atoms with E-state index in [-0.39, 0.29) is 0 Å². The van der Waals surface area contributed by atoms with Gasteiger partial charge in [0.05, 0.1) is 0 Å². The highest BCUT2D eigenvalue weighted by Crippen LogP contribution is 2.43. The summed E-state index contributed by atoms with van der Waals surface area (Å²) in [7, 11) is 0. The molecule has 0 aliphatic rings. The zero-order chi connectivity index (χ0) is 33.2. The maximum absolute atomic E-state index is 2.42. The van der Waals surface area contributed by atoms with Gasteiger partial charge >= 0.3 is 0 Å². The Bertz CT molecular complexity index is 2690. The number of benzene rings is 10. The SMILES string of the molecule is Cc1ccc(-c2ccc(N(c3ccc4c5ccccc5c5ccccc5c4c3)c3ccc4c5ccccc5c5ccccc5c4c3)cc2)cc1. The van der Waals surface area contributed by atoms with Crippen molar-refractivity contribution >= 4 is 81.7 Å². The van der Waals surface area contributed by atoms with E-state index in [1.807, 2.05) is 0 Å². The van der Waals surface area contributed by atoms with Crippen molar-refractivity contribution in [3.05, 3.63) is 188 Å². The lowest BCUT2D eigenvalue weighted by atomic mass is 9.93. The first-order valence-corrected chi connectivity index (χ1v) is 17.3. The van der Waals surface area contributed by atoms with Gasteiger partial charge in [0.2, 0.25) is 0 Å². The van der Waals surface area contributed by atoms with Gasteiger partial charge in [0.1, 0.15) is 0 Å². The maximum Gasteiger partial charge on any atom is 0.0468 e.